The van der Waals surface area contributed by atoms with Crippen LogP contribution in [-0.2, 0) is 20.7 Å². The van der Waals surface area contributed by atoms with Crippen molar-refractivity contribution in [2.24, 2.45) is 0 Å². The van der Waals surface area contributed by atoms with Crippen molar-refractivity contribution in [1.29, 1.82) is 0 Å². The number of anilines is 1. The molecule has 5 nitrogen and oxygen atoms in total. The van der Waals surface area contributed by atoms with E-state index in [0.29, 0.717) is 17.9 Å². The second-order valence-electron chi connectivity index (χ2n) is 5.95. The molecule has 0 unspecified atom stereocenters. The van der Waals surface area contributed by atoms with Crippen LogP contribution < -0.4 is 10.1 Å². The Morgan fingerprint density at radius 3 is 2.50 bits per heavy atom. The summed E-state index contributed by atoms with van der Waals surface area (Å²) in [6.45, 7) is 3.40. The summed E-state index contributed by atoms with van der Waals surface area (Å²) in [5.41, 5.74) is 2.31. The number of benzene rings is 2. The van der Waals surface area contributed by atoms with Crippen LogP contribution in [0, 0.1) is 12.7 Å². The van der Waals surface area contributed by atoms with Crippen molar-refractivity contribution >= 4 is 17.6 Å². The number of esters is 1. The monoisotopic (exact) mass is 359 g/mol. The van der Waals surface area contributed by atoms with Gasteiger partial charge in [0.05, 0.1) is 12.8 Å². The molecule has 0 aliphatic carbocycles. The van der Waals surface area contributed by atoms with Crippen LogP contribution in [0.4, 0.5) is 10.1 Å². The molecule has 0 saturated heterocycles. The van der Waals surface area contributed by atoms with Crippen molar-refractivity contribution in [1.82, 2.24) is 0 Å². The molecule has 1 N–H and O–H groups in total. The van der Waals surface area contributed by atoms with Gasteiger partial charge in [0.25, 0.3) is 5.91 Å². The summed E-state index contributed by atoms with van der Waals surface area (Å²) in [5, 5.41) is 2.70. The SMILES string of the molecule is COc1ccc(C)cc1NC(=O)[C@@H](C)OC(=O)CCc1ccc(F)cc1. The molecule has 0 aliphatic rings. The highest BCUT2D eigenvalue weighted by molar-refractivity contribution is 5.96. The zero-order valence-electron chi connectivity index (χ0n) is 15.0. The maximum Gasteiger partial charge on any atom is 0.306 e. The van der Waals surface area contributed by atoms with E-state index in [1.165, 1.54) is 26.2 Å². The fourth-order valence-corrected chi connectivity index (χ4v) is 2.36. The summed E-state index contributed by atoms with van der Waals surface area (Å²) < 4.78 is 23.2. The van der Waals surface area contributed by atoms with Gasteiger partial charge < -0.3 is 14.8 Å². The molecule has 138 valence electrons. The third-order valence-corrected chi connectivity index (χ3v) is 3.82. The highest BCUT2D eigenvalue weighted by Gasteiger charge is 2.19. The third kappa shape index (κ3) is 5.58. The standard InChI is InChI=1S/C20H22FNO4/c1-13-4-10-18(25-3)17(12-13)22-20(24)14(2)26-19(23)11-7-15-5-8-16(21)9-6-15/h4-6,8-10,12,14H,7,11H2,1-3H3,(H,22,24)/t14-/m1/s1. The minimum Gasteiger partial charge on any atom is -0.495 e. The number of nitrogens with one attached hydrogen (secondary N) is 1. The fraction of sp³-hybridized carbons (Fsp3) is 0.300. The molecule has 2 aromatic rings. The normalized spacial score (nSPS) is 11.5. The van der Waals surface area contributed by atoms with Crippen molar-refractivity contribution in [3.05, 3.63) is 59.4 Å². The second kappa shape index (κ2) is 8.99. The molecule has 6 heteroatoms. The van der Waals surface area contributed by atoms with Gasteiger partial charge in [0.2, 0.25) is 0 Å². The number of amides is 1. The fourth-order valence-electron chi connectivity index (χ4n) is 2.36. The predicted octanol–water partition coefficient (Wildman–Crippen LogP) is 3.65. The van der Waals surface area contributed by atoms with Crippen LogP contribution in [0.15, 0.2) is 42.5 Å². The number of halogens is 1. The van der Waals surface area contributed by atoms with Crippen molar-refractivity contribution in [3.63, 3.8) is 0 Å². The maximum atomic E-state index is 12.9. The molecular formula is C20H22FNO4. The van der Waals surface area contributed by atoms with Gasteiger partial charge in [0.15, 0.2) is 6.10 Å². The zero-order valence-corrected chi connectivity index (χ0v) is 15.0. The molecule has 0 heterocycles. The molecule has 0 saturated carbocycles. The number of ether oxygens (including phenoxy) is 2. The lowest BCUT2D eigenvalue weighted by atomic mass is 10.1. The summed E-state index contributed by atoms with van der Waals surface area (Å²) in [6.07, 6.45) is -0.420. The molecule has 0 radical (unpaired) electrons. The van der Waals surface area contributed by atoms with E-state index in [9.17, 15) is 14.0 Å². The van der Waals surface area contributed by atoms with Crippen LogP contribution in [0.25, 0.3) is 0 Å². The van der Waals surface area contributed by atoms with Gasteiger partial charge in [-0.05, 0) is 55.7 Å². The molecule has 2 aromatic carbocycles. The molecule has 2 rings (SSSR count). The van der Waals surface area contributed by atoms with Gasteiger partial charge >= 0.3 is 5.97 Å². The number of hydrogen-bond donors (Lipinski definition) is 1. The van der Waals surface area contributed by atoms with Crippen molar-refractivity contribution < 1.29 is 23.5 Å². The first-order chi connectivity index (χ1) is 12.4. The van der Waals surface area contributed by atoms with E-state index in [4.69, 9.17) is 9.47 Å². The Kier molecular flexibility index (Phi) is 6.72. The van der Waals surface area contributed by atoms with Gasteiger partial charge in [0, 0.05) is 6.42 Å². The predicted molar refractivity (Wildman–Crippen MR) is 96.6 cm³/mol. The second-order valence-corrected chi connectivity index (χ2v) is 5.95. The molecular weight excluding hydrogens is 337 g/mol. The Bertz CT molecular complexity index is 774. The first-order valence-corrected chi connectivity index (χ1v) is 8.28. The third-order valence-electron chi connectivity index (χ3n) is 3.82. The molecule has 0 fully saturated rings. The van der Waals surface area contributed by atoms with Crippen molar-refractivity contribution in [3.8, 4) is 5.75 Å². The molecule has 0 aromatic heterocycles. The van der Waals surface area contributed by atoms with Gasteiger partial charge in [0.1, 0.15) is 11.6 Å². The number of aryl methyl sites for hydroxylation is 2. The number of rotatable bonds is 7. The van der Waals surface area contributed by atoms with Crippen LogP contribution in [0.5, 0.6) is 5.75 Å². The van der Waals surface area contributed by atoms with Crippen molar-refractivity contribution in [2.45, 2.75) is 32.8 Å². The molecule has 26 heavy (non-hydrogen) atoms. The zero-order chi connectivity index (χ0) is 19.1. The Labute approximate surface area is 152 Å². The number of carbonyl (C=O) groups excluding carboxylic acids is 2. The quantitative estimate of drug-likeness (QED) is 0.767. The Morgan fingerprint density at radius 1 is 1.15 bits per heavy atom. The molecule has 1 atom stereocenters. The number of methoxy groups -OCH3 is 1. The van der Waals surface area contributed by atoms with E-state index in [0.717, 1.165) is 11.1 Å². The minimum absolute atomic E-state index is 0.108. The Balaban J connectivity index is 1.87. The smallest absolute Gasteiger partial charge is 0.306 e. The maximum absolute atomic E-state index is 12.9. The molecule has 0 spiro atoms. The highest BCUT2D eigenvalue weighted by Crippen LogP contribution is 2.25. The lowest BCUT2D eigenvalue weighted by Crippen LogP contribution is -2.30. The van der Waals surface area contributed by atoms with Gasteiger partial charge in [-0.2, -0.15) is 0 Å². The minimum atomic E-state index is -0.944. The summed E-state index contributed by atoms with van der Waals surface area (Å²) in [4.78, 5) is 24.2. The lowest BCUT2D eigenvalue weighted by Gasteiger charge is -2.15. The first kappa shape index (κ1) is 19.4. The van der Waals surface area contributed by atoms with Crippen LogP contribution in [0.2, 0.25) is 0 Å². The molecule has 0 bridgehead atoms. The summed E-state index contributed by atoms with van der Waals surface area (Å²) in [7, 11) is 1.51. The first-order valence-electron chi connectivity index (χ1n) is 8.28. The topological polar surface area (TPSA) is 64.6 Å². The van der Waals surface area contributed by atoms with E-state index < -0.39 is 18.0 Å². The van der Waals surface area contributed by atoms with E-state index in [1.807, 2.05) is 13.0 Å². The van der Waals surface area contributed by atoms with Crippen LogP contribution in [0.1, 0.15) is 24.5 Å². The summed E-state index contributed by atoms with van der Waals surface area (Å²) in [6, 6.07) is 11.3. The van der Waals surface area contributed by atoms with E-state index in [2.05, 4.69) is 5.32 Å². The number of hydrogen-bond acceptors (Lipinski definition) is 4. The van der Waals surface area contributed by atoms with Gasteiger partial charge in [-0.25, -0.2) is 4.39 Å². The Hall–Kier alpha value is -2.89. The van der Waals surface area contributed by atoms with Crippen LogP contribution >= 0.6 is 0 Å². The number of carbonyl (C=O) groups is 2. The van der Waals surface area contributed by atoms with Gasteiger partial charge in [-0.15, -0.1) is 0 Å². The largest absolute Gasteiger partial charge is 0.495 e. The van der Waals surface area contributed by atoms with Crippen LogP contribution in [-0.4, -0.2) is 25.1 Å². The van der Waals surface area contributed by atoms with E-state index in [1.54, 1.807) is 24.3 Å². The van der Waals surface area contributed by atoms with Crippen molar-refractivity contribution in [2.75, 3.05) is 12.4 Å². The lowest BCUT2D eigenvalue weighted by molar-refractivity contribution is -0.153. The van der Waals surface area contributed by atoms with Gasteiger partial charge in [-0.3, -0.25) is 9.59 Å². The molecule has 0 aliphatic heterocycles. The van der Waals surface area contributed by atoms with E-state index in [-0.39, 0.29) is 12.2 Å². The Morgan fingerprint density at radius 2 is 1.85 bits per heavy atom. The molecule has 1 amide bonds. The van der Waals surface area contributed by atoms with Crippen LogP contribution in [0.3, 0.4) is 0 Å². The van der Waals surface area contributed by atoms with E-state index >= 15 is 0 Å². The summed E-state index contributed by atoms with van der Waals surface area (Å²) >= 11 is 0. The average Bonchev–Trinajstić information content (AvgIpc) is 2.61. The highest BCUT2D eigenvalue weighted by atomic mass is 19.1. The average molecular weight is 359 g/mol. The van der Waals surface area contributed by atoms with Gasteiger partial charge in [-0.1, -0.05) is 18.2 Å². The summed E-state index contributed by atoms with van der Waals surface area (Å²) in [5.74, 6) is -0.732.